The molecule has 32 heavy (non-hydrogen) atoms. The zero-order valence-electron chi connectivity index (χ0n) is 18.1. The van der Waals surface area contributed by atoms with Gasteiger partial charge in [0.15, 0.2) is 0 Å². The van der Waals surface area contributed by atoms with Crippen molar-refractivity contribution in [2.45, 2.75) is 17.4 Å². The lowest BCUT2D eigenvalue weighted by Gasteiger charge is -2.21. The van der Waals surface area contributed by atoms with E-state index in [0.717, 1.165) is 18.7 Å². The van der Waals surface area contributed by atoms with E-state index in [9.17, 15) is 8.42 Å². The van der Waals surface area contributed by atoms with Crippen molar-refractivity contribution >= 4 is 32.2 Å². The Morgan fingerprint density at radius 2 is 1.59 bits per heavy atom. The predicted molar refractivity (Wildman–Crippen MR) is 131 cm³/mol. The normalized spacial score (nSPS) is 12.2. The van der Waals surface area contributed by atoms with Crippen molar-refractivity contribution in [2.24, 2.45) is 0 Å². The van der Waals surface area contributed by atoms with Crippen LogP contribution in [-0.4, -0.2) is 38.5 Å². The zero-order chi connectivity index (χ0) is 23.0. The molecule has 1 N–H and O–H groups in total. The topological polar surface area (TPSA) is 66.8 Å². The molecule has 7 heteroatoms. The Labute approximate surface area is 193 Å². The van der Waals surface area contributed by atoms with Gasteiger partial charge < -0.3 is 9.64 Å². The number of hydrogen-bond acceptors (Lipinski definition) is 5. The van der Waals surface area contributed by atoms with E-state index < -0.39 is 10.1 Å². The molecule has 0 aliphatic carbocycles. The van der Waals surface area contributed by atoms with Gasteiger partial charge >= 0.3 is 0 Å². The molecule has 1 aromatic heterocycles. The molecule has 168 valence electrons. The fourth-order valence-corrected chi connectivity index (χ4v) is 4.44. The van der Waals surface area contributed by atoms with E-state index in [2.05, 4.69) is 79.0 Å². The lowest BCUT2D eigenvalue weighted by atomic mass is 10.1. The van der Waals surface area contributed by atoms with Gasteiger partial charge in [-0.3, -0.25) is 4.55 Å². The fraction of sp³-hybridized carbons (Fsp3) is 0.200. The first-order valence-corrected chi connectivity index (χ1v) is 12.5. The number of ether oxygens (including phenoxy) is 1. The SMILES string of the molecule is CN(C)CC[C@H](Oc1cccc2ccccc12)c1cccs1.O=S(=O)(O)c1ccccc1. The molecule has 0 aliphatic heterocycles. The van der Waals surface area contributed by atoms with Gasteiger partial charge in [0, 0.05) is 23.2 Å². The van der Waals surface area contributed by atoms with Crippen LogP contribution in [-0.2, 0) is 10.1 Å². The van der Waals surface area contributed by atoms with Gasteiger partial charge in [0.1, 0.15) is 11.9 Å². The Kier molecular flexibility index (Phi) is 8.41. The highest BCUT2D eigenvalue weighted by atomic mass is 32.2. The van der Waals surface area contributed by atoms with E-state index in [1.165, 1.54) is 27.8 Å². The van der Waals surface area contributed by atoms with Crippen LogP contribution >= 0.6 is 11.3 Å². The van der Waals surface area contributed by atoms with E-state index in [4.69, 9.17) is 9.29 Å². The number of hydrogen-bond donors (Lipinski definition) is 1. The standard InChI is InChI=1S/C19H21NOS.C6H6O3S/c1-20(2)13-12-18(19-11-6-14-22-19)21-17-10-5-8-15-7-3-4-9-16(15)17;7-10(8,9)6-4-2-1-3-5-6/h3-11,14,18H,12-13H2,1-2H3;1-5H,(H,7,8,9)/t18-;/m0./s1. The molecule has 1 heterocycles. The van der Waals surface area contributed by atoms with E-state index >= 15 is 0 Å². The summed E-state index contributed by atoms with van der Waals surface area (Å²) in [5.74, 6) is 0.968. The Morgan fingerprint density at radius 1 is 0.906 bits per heavy atom. The highest BCUT2D eigenvalue weighted by molar-refractivity contribution is 7.85. The van der Waals surface area contributed by atoms with E-state index in [1.807, 2.05) is 0 Å². The summed E-state index contributed by atoms with van der Waals surface area (Å²) in [6, 6.07) is 26.3. The van der Waals surface area contributed by atoms with Crippen molar-refractivity contribution < 1.29 is 17.7 Å². The maximum Gasteiger partial charge on any atom is 0.294 e. The molecule has 0 amide bonds. The van der Waals surface area contributed by atoms with Crippen LogP contribution in [0.1, 0.15) is 17.4 Å². The monoisotopic (exact) mass is 469 g/mol. The maximum atomic E-state index is 10.4. The molecule has 0 fully saturated rings. The van der Waals surface area contributed by atoms with Gasteiger partial charge in [-0.15, -0.1) is 11.3 Å². The summed E-state index contributed by atoms with van der Waals surface area (Å²) in [6.07, 6.45) is 1.09. The molecule has 1 atom stereocenters. The molecule has 0 saturated heterocycles. The first-order chi connectivity index (χ1) is 15.3. The second kappa shape index (κ2) is 11.2. The Balaban J connectivity index is 0.000000243. The quantitative estimate of drug-likeness (QED) is 0.341. The lowest BCUT2D eigenvalue weighted by Crippen LogP contribution is -2.18. The lowest BCUT2D eigenvalue weighted by molar-refractivity contribution is 0.185. The average Bonchev–Trinajstić information content (AvgIpc) is 3.32. The first kappa shape index (κ1) is 23.9. The third-order valence-corrected chi connectivity index (χ3v) is 6.59. The summed E-state index contributed by atoms with van der Waals surface area (Å²) in [6.45, 7) is 1.01. The minimum atomic E-state index is -4.00. The highest BCUT2D eigenvalue weighted by Crippen LogP contribution is 2.32. The largest absolute Gasteiger partial charge is 0.484 e. The molecule has 0 radical (unpaired) electrons. The van der Waals surface area contributed by atoms with E-state index in [0.29, 0.717) is 0 Å². The van der Waals surface area contributed by atoms with Crippen molar-refractivity contribution in [1.29, 1.82) is 0 Å². The molecule has 0 unspecified atom stereocenters. The van der Waals surface area contributed by atoms with Crippen LogP contribution in [0.15, 0.2) is 95.2 Å². The minimum absolute atomic E-state index is 0.0741. The van der Waals surface area contributed by atoms with Crippen molar-refractivity contribution in [1.82, 2.24) is 4.90 Å². The average molecular weight is 470 g/mol. The van der Waals surface area contributed by atoms with Crippen LogP contribution in [0.2, 0.25) is 0 Å². The molecular weight excluding hydrogens is 442 g/mol. The molecular formula is C25H27NO4S2. The van der Waals surface area contributed by atoms with Crippen LogP contribution in [0.3, 0.4) is 0 Å². The molecule has 0 aliphatic rings. The fourth-order valence-electron chi connectivity index (χ4n) is 3.15. The Bertz CT molecular complexity index is 1200. The number of thiophene rings is 1. The molecule has 0 spiro atoms. The van der Waals surface area contributed by atoms with Crippen molar-refractivity contribution in [3.8, 4) is 5.75 Å². The van der Waals surface area contributed by atoms with Gasteiger partial charge in [-0.05, 0) is 49.1 Å². The van der Waals surface area contributed by atoms with Crippen molar-refractivity contribution in [3.63, 3.8) is 0 Å². The van der Waals surface area contributed by atoms with Gasteiger partial charge in [0.25, 0.3) is 10.1 Å². The zero-order valence-corrected chi connectivity index (χ0v) is 19.7. The van der Waals surface area contributed by atoms with Gasteiger partial charge in [-0.2, -0.15) is 8.42 Å². The molecule has 4 aromatic rings. The molecule has 5 nitrogen and oxygen atoms in total. The summed E-state index contributed by atoms with van der Waals surface area (Å²) in [5, 5.41) is 4.51. The number of rotatable bonds is 7. The van der Waals surface area contributed by atoms with Crippen molar-refractivity contribution in [3.05, 3.63) is 95.2 Å². The first-order valence-electron chi connectivity index (χ1n) is 10.2. The molecule has 0 saturated carbocycles. The summed E-state index contributed by atoms with van der Waals surface area (Å²) >= 11 is 1.76. The predicted octanol–water partition coefficient (Wildman–Crippen LogP) is 5.91. The Morgan fingerprint density at radius 3 is 2.22 bits per heavy atom. The van der Waals surface area contributed by atoms with E-state index in [1.54, 1.807) is 29.5 Å². The van der Waals surface area contributed by atoms with Crippen LogP contribution in [0.25, 0.3) is 10.8 Å². The summed E-state index contributed by atoms with van der Waals surface area (Å²) in [4.78, 5) is 3.41. The summed E-state index contributed by atoms with van der Waals surface area (Å²) in [5.41, 5.74) is 0. The maximum absolute atomic E-state index is 10.4. The second-order valence-corrected chi connectivity index (χ2v) is 9.88. The molecule has 4 rings (SSSR count). The third-order valence-electron chi connectivity index (χ3n) is 4.76. The highest BCUT2D eigenvalue weighted by Gasteiger charge is 2.16. The molecule has 0 bridgehead atoms. The van der Waals surface area contributed by atoms with Gasteiger partial charge in [-0.25, -0.2) is 0 Å². The number of fused-ring (bicyclic) bond motifs is 1. The van der Waals surface area contributed by atoms with Crippen LogP contribution in [0.5, 0.6) is 5.75 Å². The van der Waals surface area contributed by atoms with Gasteiger partial charge in [-0.1, -0.05) is 60.7 Å². The minimum Gasteiger partial charge on any atom is -0.484 e. The van der Waals surface area contributed by atoms with Crippen LogP contribution in [0, 0.1) is 0 Å². The smallest absolute Gasteiger partial charge is 0.294 e. The summed E-state index contributed by atoms with van der Waals surface area (Å²) < 4.78 is 35.6. The second-order valence-electron chi connectivity index (χ2n) is 7.48. The van der Waals surface area contributed by atoms with E-state index in [-0.39, 0.29) is 11.0 Å². The van der Waals surface area contributed by atoms with Gasteiger partial charge in [0.2, 0.25) is 0 Å². The van der Waals surface area contributed by atoms with Crippen LogP contribution < -0.4 is 4.74 Å². The number of nitrogens with zero attached hydrogens (tertiary/aromatic N) is 1. The Hall–Kier alpha value is -2.71. The van der Waals surface area contributed by atoms with Crippen molar-refractivity contribution in [2.75, 3.05) is 20.6 Å². The number of benzene rings is 3. The van der Waals surface area contributed by atoms with Crippen LogP contribution in [0.4, 0.5) is 0 Å². The summed E-state index contributed by atoms with van der Waals surface area (Å²) in [7, 11) is 0.198. The third kappa shape index (κ3) is 6.90. The van der Waals surface area contributed by atoms with Gasteiger partial charge in [0.05, 0.1) is 4.90 Å². The molecule has 3 aromatic carbocycles.